The van der Waals surface area contributed by atoms with Crippen LogP contribution in [0.25, 0.3) is 0 Å². The first-order valence-electron chi connectivity index (χ1n) is 22.5. The van der Waals surface area contributed by atoms with Crippen molar-refractivity contribution >= 4 is 0 Å². The Labute approximate surface area is 325 Å². The fourth-order valence-electron chi connectivity index (χ4n) is 12.6. The average Bonchev–Trinajstić information content (AvgIpc) is 3.28. The van der Waals surface area contributed by atoms with Gasteiger partial charge in [-0.1, -0.05) is 6.42 Å². The summed E-state index contributed by atoms with van der Waals surface area (Å²) in [6.45, 7) is 23.7. The monoisotopic (exact) mass is 759 g/mol. The maximum absolute atomic E-state index is 9.16. The zero-order valence-electron chi connectivity index (χ0n) is 33.3. The molecule has 6 N–H and O–H groups in total. The van der Waals surface area contributed by atoms with E-state index in [0.717, 1.165) is 177 Å². The van der Waals surface area contributed by atoms with Crippen molar-refractivity contribution in [2.75, 3.05) is 164 Å². The lowest BCUT2D eigenvalue weighted by atomic mass is 9.62. The molecule has 0 aromatic rings. The van der Waals surface area contributed by atoms with Crippen LogP contribution in [-0.2, 0) is 14.2 Å². The molecule has 308 valence electrons. The van der Waals surface area contributed by atoms with E-state index in [0.29, 0.717) is 17.9 Å². The lowest BCUT2D eigenvalue weighted by Gasteiger charge is -2.78. The Morgan fingerprint density at radius 2 is 1.04 bits per heavy atom. The molecule has 0 amide bonds. The molecule has 9 aliphatic rings. The smallest absolute Gasteiger partial charge is 0.229 e. The Morgan fingerprint density at radius 1 is 0.463 bits per heavy atom. The molecule has 15 heteroatoms. The summed E-state index contributed by atoms with van der Waals surface area (Å²) in [6, 6.07) is 0.498. The number of hydrogen-bond acceptors (Lipinski definition) is 15. The highest BCUT2D eigenvalue weighted by Gasteiger charge is 2.79. The number of hydrogen-bond donors (Lipinski definition) is 6. The number of nitrogens with zero attached hydrogens (tertiary/aromatic N) is 6. The van der Waals surface area contributed by atoms with Crippen molar-refractivity contribution in [3.63, 3.8) is 0 Å². The molecule has 9 fully saturated rings. The van der Waals surface area contributed by atoms with Crippen LogP contribution >= 0.6 is 0 Å². The van der Waals surface area contributed by atoms with Crippen molar-refractivity contribution in [3.8, 4) is 0 Å². The van der Waals surface area contributed by atoms with Gasteiger partial charge in [0.15, 0.2) is 0 Å². The Balaban J connectivity index is 1.38. The second kappa shape index (κ2) is 17.7. The van der Waals surface area contributed by atoms with Crippen LogP contribution in [0.1, 0.15) is 44.9 Å². The van der Waals surface area contributed by atoms with E-state index in [1.807, 2.05) is 0 Å². The van der Waals surface area contributed by atoms with Gasteiger partial charge in [-0.3, -0.25) is 19.6 Å². The lowest BCUT2D eigenvalue weighted by Crippen LogP contribution is -2.99. The third-order valence-corrected chi connectivity index (χ3v) is 14.8. The van der Waals surface area contributed by atoms with Crippen LogP contribution in [0, 0.1) is 11.8 Å². The number of nitrogens with one attached hydrogen (secondary N) is 6. The van der Waals surface area contributed by atoms with Gasteiger partial charge in [0.1, 0.15) is 0 Å². The van der Waals surface area contributed by atoms with Crippen molar-refractivity contribution in [2.45, 2.75) is 74.3 Å². The third-order valence-electron chi connectivity index (χ3n) is 14.8. The molecule has 0 bridgehead atoms. The van der Waals surface area contributed by atoms with Gasteiger partial charge in [-0.25, -0.2) is 5.01 Å². The van der Waals surface area contributed by atoms with Gasteiger partial charge in [-0.2, -0.15) is 5.01 Å². The zero-order valence-corrected chi connectivity index (χ0v) is 33.3. The molecule has 54 heavy (non-hydrogen) atoms. The summed E-state index contributed by atoms with van der Waals surface area (Å²) in [6.07, 6.45) is 8.48. The molecule has 6 unspecified atom stereocenters. The minimum absolute atomic E-state index is 0.165. The summed E-state index contributed by atoms with van der Waals surface area (Å²) in [5.74, 6) is -0.515. The van der Waals surface area contributed by atoms with E-state index < -0.39 is 11.6 Å². The van der Waals surface area contributed by atoms with Crippen molar-refractivity contribution in [2.24, 2.45) is 11.8 Å². The van der Waals surface area contributed by atoms with Crippen LogP contribution in [0.2, 0.25) is 0 Å². The van der Waals surface area contributed by atoms with E-state index in [2.05, 4.69) is 61.5 Å². The van der Waals surface area contributed by atoms with Crippen LogP contribution in [0.5, 0.6) is 0 Å². The normalized spacial score (nSPS) is 41.9. The summed E-state index contributed by atoms with van der Waals surface area (Å²) >= 11 is 0. The number of piperidine rings is 3. The van der Waals surface area contributed by atoms with Gasteiger partial charge < -0.3 is 46.1 Å². The number of piperazine rings is 3. The molecule has 0 spiro atoms. The Morgan fingerprint density at radius 3 is 1.65 bits per heavy atom. The van der Waals surface area contributed by atoms with Gasteiger partial charge in [0, 0.05) is 123 Å². The summed E-state index contributed by atoms with van der Waals surface area (Å²) in [5, 5.41) is 29.5. The molecule has 0 aromatic carbocycles. The highest BCUT2D eigenvalue weighted by Crippen LogP contribution is 2.59. The Hall–Kier alpha value is -0.600. The lowest BCUT2D eigenvalue weighted by molar-refractivity contribution is -0.499. The molecule has 0 saturated carbocycles. The van der Waals surface area contributed by atoms with Gasteiger partial charge in [0.2, 0.25) is 11.6 Å². The van der Waals surface area contributed by atoms with E-state index in [9.17, 15) is 0 Å². The minimum atomic E-state index is -0.758. The Kier molecular flexibility index (Phi) is 12.8. The van der Waals surface area contributed by atoms with Crippen LogP contribution in [0.3, 0.4) is 0 Å². The average molecular weight is 759 g/mol. The van der Waals surface area contributed by atoms with Crippen molar-refractivity contribution in [1.29, 1.82) is 0 Å². The highest BCUT2D eigenvalue weighted by atomic mass is 16.6. The van der Waals surface area contributed by atoms with Gasteiger partial charge in [0.05, 0.1) is 38.1 Å². The number of hydrazine groups is 1. The van der Waals surface area contributed by atoms with Crippen LogP contribution in [-0.4, -0.2) is 223 Å². The van der Waals surface area contributed by atoms with E-state index in [-0.39, 0.29) is 11.6 Å². The predicted octanol–water partition coefficient (Wildman–Crippen LogP) is -1.83. The molecule has 9 rings (SSSR count). The summed E-state index contributed by atoms with van der Waals surface area (Å²) in [7, 11) is 0. The van der Waals surface area contributed by atoms with Gasteiger partial charge in [-0.05, 0) is 70.6 Å². The number of morpholine rings is 3. The topological polar surface area (TPSA) is 119 Å². The summed E-state index contributed by atoms with van der Waals surface area (Å²) in [5.41, 5.74) is -0.387. The first-order chi connectivity index (χ1) is 26.8. The fraction of sp³-hybridized carbons (Fsp3) is 1.00. The maximum Gasteiger partial charge on any atom is 0.229 e. The summed E-state index contributed by atoms with van der Waals surface area (Å²) in [4.78, 5) is 11.6. The maximum atomic E-state index is 9.16. The molecule has 15 nitrogen and oxygen atoms in total. The molecular weight excluding hydrogens is 685 g/mol. The van der Waals surface area contributed by atoms with Crippen molar-refractivity contribution < 1.29 is 14.2 Å². The van der Waals surface area contributed by atoms with E-state index >= 15 is 0 Å². The largest absolute Gasteiger partial charge is 0.379 e. The van der Waals surface area contributed by atoms with E-state index in [1.165, 1.54) is 32.1 Å². The first kappa shape index (κ1) is 38.9. The number of ether oxygens (including phenoxy) is 3. The van der Waals surface area contributed by atoms with E-state index in [1.54, 1.807) is 0 Å². The van der Waals surface area contributed by atoms with Crippen LogP contribution < -0.4 is 31.9 Å². The SMILES string of the molecule is C1CCC(C2N(N3CCNCC3)C(N3CCNCC3)(N3CCOCC3)C(N3CCNCC3)(N3CCOCC3)OC2(C2CCNCC2)C2CCCNC2)NC1. The molecule has 0 aromatic heterocycles. The minimum Gasteiger partial charge on any atom is -0.379 e. The van der Waals surface area contributed by atoms with E-state index in [4.69, 9.17) is 14.2 Å². The molecule has 9 saturated heterocycles. The molecule has 0 radical (unpaired) electrons. The van der Waals surface area contributed by atoms with Gasteiger partial charge in [-0.15, -0.1) is 0 Å². The number of rotatable bonds is 8. The summed E-state index contributed by atoms with van der Waals surface area (Å²) < 4.78 is 21.7. The third kappa shape index (κ3) is 6.82. The first-order valence-corrected chi connectivity index (χ1v) is 22.5. The second-order valence-electron chi connectivity index (χ2n) is 17.5. The quantitative estimate of drug-likeness (QED) is 0.167. The van der Waals surface area contributed by atoms with Crippen molar-refractivity contribution in [3.05, 3.63) is 0 Å². The fourth-order valence-corrected chi connectivity index (χ4v) is 12.6. The molecule has 6 atom stereocenters. The zero-order chi connectivity index (χ0) is 36.3. The van der Waals surface area contributed by atoms with Crippen molar-refractivity contribution in [1.82, 2.24) is 61.5 Å². The molecule has 9 heterocycles. The van der Waals surface area contributed by atoms with Crippen LogP contribution in [0.4, 0.5) is 0 Å². The van der Waals surface area contributed by atoms with Gasteiger partial charge in [0.25, 0.3) is 0 Å². The molecule has 0 aliphatic carbocycles. The van der Waals surface area contributed by atoms with Crippen LogP contribution in [0.15, 0.2) is 0 Å². The predicted molar refractivity (Wildman–Crippen MR) is 210 cm³/mol. The standard InChI is InChI=1S/C39H74N12O3/c1-2-9-45-35(5-1)36-37(33-6-10-40-11-7-33,34-4-3-8-44-32-34)54-39(48-20-14-42-15-21-48,49-26-30-53-31-27-49)38(46-18-12-41-13-19-46,47-24-28-52-29-25-47)51(36)50-22-16-43-17-23-50/h33-36,40-45H,1-32H2. The second-order valence-corrected chi connectivity index (χ2v) is 17.5. The highest BCUT2D eigenvalue weighted by molar-refractivity contribution is 5.22. The Bertz CT molecular complexity index is 1100. The van der Waals surface area contributed by atoms with Gasteiger partial charge >= 0.3 is 0 Å². The molecular formula is C39H74N12O3. The molecule has 9 aliphatic heterocycles.